The monoisotopic (exact) mass is 859 g/mol. The summed E-state index contributed by atoms with van der Waals surface area (Å²) in [5.41, 5.74) is 8.65. The van der Waals surface area contributed by atoms with Gasteiger partial charge in [-0.25, -0.2) is 0 Å². The molecule has 0 fully saturated rings. The molecule has 314 valence electrons. The third-order valence-corrected chi connectivity index (χ3v) is 12.6. The maximum absolute atomic E-state index is 9.83. The van der Waals surface area contributed by atoms with Crippen LogP contribution in [-0.4, -0.2) is 0 Å². The molecule has 0 aliphatic heterocycles. The standard InChI is InChI=1S/C66H45N/c1-4-14-48(15-5-1)61-41-34-55(45-65(61)49-16-6-2-7-17-49)47-28-37-58(38-29-47)67(57-35-26-46(27-36-57)54-33-42-62-56(44-54)25-24-50-18-10-12-22-60(50)62)59-39-30-52(31-40-59)64-43-32-51-19-11-13-23-63(51)66(64)53-20-8-3-9-21-53/h1-45H/i26D,27D,28D,29D,35D,36D,37D,38D. The van der Waals surface area contributed by atoms with Crippen molar-refractivity contribution in [3.8, 4) is 66.8 Å². The van der Waals surface area contributed by atoms with Crippen LogP contribution in [0.15, 0.2) is 273 Å². The van der Waals surface area contributed by atoms with E-state index in [1.165, 1.54) is 4.90 Å². The molecule has 0 spiro atoms. The fourth-order valence-electron chi connectivity index (χ4n) is 9.31. The van der Waals surface area contributed by atoms with Gasteiger partial charge < -0.3 is 4.90 Å². The van der Waals surface area contributed by atoms with Crippen molar-refractivity contribution in [2.45, 2.75) is 0 Å². The van der Waals surface area contributed by atoms with Gasteiger partial charge in [-0.1, -0.05) is 224 Å². The number of fused-ring (bicyclic) bond motifs is 4. The second-order valence-corrected chi connectivity index (χ2v) is 16.6. The first-order valence-electron chi connectivity index (χ1n) is 26.4. The van der Waals surface area contributed by atoms with E-state index in [0.29, 0.717) is 16.8 Å². The summed E-state index contributed by atoms with van der Waals surface area (Å²) in [7, 11) is 0. The first-order valence-corrected chi connectivity index (χ1v) is 22.4. The fraction of sp³-hybridized carbons (Fsp3) is 0. The summed E-state index contributed by atoms with van der Waals surface area (Å²) in [5.74, 6) is 0. The molecule has 1 nitrogen and oxygen atoms in total. The van der Waals surface area contributed by atoms with Gasteiger partial charge in [-0.2, -0.15) is 0 Å². The smallest absolute Gasteiger partial charge is 0.0645 e. The summed E-state index contributed by atoms with van der Waals surface area (Å²) in [5, 5.41) is 6.17. The van der Waals surface area contributed by atoms with Crippen LogP contribution in [0.4, 0.5) is 17.1 Å². The molecule has 12 aromatic rings. The van der Waals surface area contributed by atoms with Crippen molar-refractivity contribution in [1.29, 1.82) is 0 Å². The quantitative estimate of drug-likeness (QED) is 0.131. The summed E-state index contributed by atoms with van der Waals surface area (Å²) in [4.78, 5) is 1.37. The van der Waals surface area contributed by atoms with E-state index in [4.69, 9.17) is 0 Å². The van der Waals surface area contributed by atoms with Crippen molar-refractivity contribution in [2.24, 2.45) is 0 Å². The Morgan fingerprint density at radius 3 is 1.31 bits per heavy atom. The van der Waals surface area contributed by atoms with E-state index in [1.54, 1.807) is 12.1 Å². The van der Waals surface area contributed by atoms with Gasteiger partial charge in [0.15, 0.2) is 0 Å². The highest BCUT2D eigenvalue weighted by Gasteiger charge is 2.17. The Hall–Kier alpha value is -8.78. The number of rotatable bonds is 9. The Morgan fingerprint density at radius 2 is 0.672 bits per heavy atom. The molecular weight excluding hydrogens is 807 g/mol. The Kier molecular flexibility index (Phi) is 8.26. The van der Waals surface area contributed by atoms with Crippen molar-refractivity contribution in [1.82, 2.24) is 0 Å². The lowest BCUT2D eigenvalue weighted by molar-refractivity contribution is 1.28. The Bertz CT molecular complexity index is 4140. The van der Waals surface area contributed by atoms with Gasteiger partial charge in [0.05, 0.1) is 11.0 Å². The largest absolute Gasteiger partial charge is 0.311 e. The van der Waals surface area contributed by atoms with Crippen molar-refractivity contribution >= 4 is 49.4 Å². The van der Waals surface area contributed by atoms with Crippen LogP contribution < -0.4 is 4.90 Å². The van der Waals surface area contributed by atoms with Gasteiger partial charge in [0, 0.05) is 17.1 Å². The molecule has 0 atom stereocenters. The zero-order valence-electron chi connectivity index (χ0n) is 44.3. The molecule has 0 saturated carbocycles. The molecule has 0 aromatic heterocycles. The molecule has 0 N–H and O–H groups in total. The average molecular weight is 860 g/mol. The third-order valence-electron chi connectivity index (χ3n) is 12.6. The Labute approximate surface area is 403 Å². The summed E-state index contributed by atoms with van der Waals surface area (Å²) in [6.45, 7) is 0. The predicted molar refractivity (Wildman–Crippen MR) is 286 cm³/mol. The minimum Gasteiger partial charge on any atom is -0.311 e. The van der Waals surface area contributed by atoms with Crippen LogP contribution in [0.1, 0.15) is 11.0 Å². The van der Waals surface area contributed by atoms with Gasteiger partial charge in [-0.3, -0.25) is 0 Å². The fourth-order valence-corrected chi connectivity index (χ4v) is 9.31. The molecule has 67 heavy (non-hydrogen) atoms. The Balaban J connectivity index is 1.05. The number of nitrogens with zero attached hydrogens (tertiary/aromatic N) is 1. The average Bonchev–Trinajstić information content (AvgIpc) is 3.47. The molecule has 0 unspecified atom stereocenters. The first-order chi connectivity index (χ1) is 36.6. The third kappa shape index (κ3) is 7.63. The van der Waals surface area contributed by atoms with E-state index < -0.39 is 24.2 Å². The van der Waals surface area contributed by atoms with E-state index in [-0.39, 0.29) is 46.7 Å². The first kappa shape index (κ1) is 32.0. The normalized spacial score (nSPS) is 13.0. The van der Waals surface area contributed by atoms with Crippen molar-refractivity contribution in [3.05, 3.63) is 273 Å². The van der Waals surface area contributed by atoms with E-state index in [9.17, 15) is 11.0 Å². The van der Waals surface area contributed by atoms with Gasteiger partial charge >= 0.3 is 0 Å². The molecule has 0 aliphatic rings. The highest BCUT2D eigenvalue weighted by atomic mass is 15.1. The zero-order valence-corrected chi connectivity index (χ0v) is 36.3. The molecule has 0 bridgehead atoms. The summed E-state index contributed by atoms with van der Waals surface area (Å²) in [6.07, 6.45) is 0. The van der Waals surface area contributed by atoms with E-state index in [0.717, 1.165) is 76.8 Å². The number of anilines is 3. The topological polar surface area (TPSA) is 3.24 Å². The van der Waals surface area contributed by atoms with Crippen LogP contribution in [0.25, 0.3) is 99.1 Å². The van der Waals surface area contributed by atoms with E-state index >= 15 is 0 Å². The van der Waals surface area contributed by atoms with E-state index in [2.05, 4.69) is 42.5 Å². The lowest BCUT2D eigenvalue weighted by atomic mass is 9.90. The lowest BCUT2D eigenvalue weighted by Crippen LogP contribution is -2.09. The van der Waals surface area contributed by atoms with Gasteiger partial charge in [-0.05, 0) is 148 Å². The summed E-state index contributed by atoms with van der Waals surface area (Å²) >= 11 is 0. The second-order valence-electron chi connectivity index (χ2n) is 16.6. The van der Waals surface area contributed by atoms with Gasteiger partial charge in [-0.15, -0.1) is 0 Å². The van der Waals surface area contributed by atoms with Gasteiger partial charge in [0.1, 0.15) is 0 Å². The maximum Gasteiger partial charge on any atom is 0.0645 e. The van der Waals surface area contributed by atoms with Crippen LogP contribution in [0, 0.1) is 0 Å². The number of hydrogen-bond donors (Lipinski definition) is 0. The van der Waals surface area contributed by atoms with Gasteiger partial charge in [0.25, 0.3) is 0 Å². The van der Waals surface area contributed by atoms with E-state index in [1.807, 2.05) is 170 Å². The molecule has 0 amide bonds. The summed E-state index contributed by atoms with van der Waals surface area (Å²) in [6, 6.07) is 70.3. The van der Waals surface area contributed by atoms with Crippen LogP contribution >= 0.6 is 0 Å². The van der Waals surface area contributed by atoms with Crippen LogP contribution in [0.3, 0.4) is 0 Å². The molecule has 12 rings (SSSR count). The van der Waals surface area contributed by atoms with Crippen LogP contribution in [0.2, 0.25) is 0 Å². The zero-order chi connectivity index (χ0) is 51.5. The van der Waals surface area contributed by atoms with Crippen molar-refractivity contribution in [2.75, 3.05) is 4.90 Å². The highest BCUT2D eigenvalue weighted by molar-refractivity contribution is 6.08. The molecule has 0 radical (unpaired) electrons. The molecule has 0 saturated heterocycles. The van der Waals surface area contributed by atoms with Crippen molar-refractivity contribution in [3.63, 3.8) is 0 Å². The van der Waals surface area contributed by atoms with Gasteiger partial charge in [0.2, 0.25) is 0 Å². The van der Waals surface area contributed by atoms with Crippen LogP contribution in [-0.2, 0) is 0 Å². The lowest BCUT2D eigenvalue weighted by Gasteiger charge is -2.26. The highest BCUT2D eigenvalue weighted by Crippen LogP contribution is 2.42. The number of benzene rings is 12. The predicted octanol–water partition coefficient (Wildman–Crippen LogP) is 18.6. The van der Waals surface area contributed by atoms with Crippen molar-refractivity contribution < 1.29 is 11.0 Å². The molecule has 0 aliphatic carbocycles. The minimum absolute atomic E-state index is 0.0876. The second kappa shape index (κ2) is 17.3. The molecule has 12 aromatic carbocycles. The van der Waals surface area contributed by atoms with Crippen LogP contribution in [0.5, 0.6) is 0 Å². The SMILES string of the molecule is [2H]c1c([2H])c(N(c2ccc(-c3ccc4ccccc4c3-c3ccccc3)cc2)c2c([2H])c([2H])c(-c3ccc4c(ccc5ccccc54)c3)c([2H])c2[2H])c([2H])c([2H])c1-c1ccc(-c2ccccc2)c(-c2ccccc2)c1. The maximum atomic E-state index is 9.83. The minimum atomic E-state index is -0.410. The summed E-state index contributed by atoms with van der Waals surface area (Å²) < 4.78 is 77.9. The Morgan fingerprint density at radius 1 is 0.239 bits per heavy atom. The number of hydrogen-bond acceptors (Lipinski definition) is 1. The molecular formula is C66H45N. The molecule has 0 heterocycles. The molecule has 1 heteroatoms.